The third-order valence-corrected chi connectivity index (χ3v) is 2.55. The van der Waals surface area contributed by atoms with Crippen LogP contribution in [0, 0.1) is 17.3 Å². The molecule has 2 heteroatoms. The predicted octanol–water partition coefficient (Wildman–Crippen LogP) is 3.32. The highest BCUT2D eigenvalue weighted by Gasteiger charge is 2.55. The molecule has 66 valence electrons. The molecule has 0 aromatic heterocycles. The van der Waals surface area contributed by atoms with Crippen molar-refractivity contribution < 1.29 is 8.78 Å². The molecular weight excluding hydrogens is 146 g/mol. The highest BCUT2D eigenvalue weighted by atomic mass is 19.3. The molecule has 1 rings (SSSR count). The van der Waals surface area contributed by atoms with Crippen molar-refractivity contribution in [1.29, 1.82) is 0 Å². The van der Waals surface area contributed by atoms with Crippen LogP contribution in [-0.2, 0) is 0 Å². The highest BCUT2D eigenvalue weighted by molar-refractivity contribution is 4.99. The fourth-order valence-corrected chi connectivity index (χ4v) is 1.71. The van der Waals surface area contributed by atoms with Crippen LogP contribution in [-0.4, -0.2) is 5.92 Å². The normalized spacial score (nSPS) is 32.2. The second kappa shape index (κ2) is 2.18. The minimum absolute atomic E-state index is 0.0596. The van der Waals surface area contributed by atoms with Gasteiger partial charge in [0.05, 0.1) is 0 Å². The minimum Gasteiger partial charge on any atom is -0.207 e. The van der Waals surface area contributed by atoms with Crippen LogP contribution in [0.2, 0.25) is 0 Å². The standard InChI is InChI=1S/C9H16F2/c1-8(2,3)6-5-7(6)9(4,10)11/h6-7H,5H2,1-4H3. The molecule has 0 bridgehead atoms. The topological polar surface area (TPSA) is 0 Å². The van der Waals surface area contributed by atoms with Crippen molar-refractivity contribution in [2.45, 2.75) is 40.0 Å². The Kier molecular flexibility index (Phi) is 1.77. The molecule has 0 aromatic rings. The zero-order valence-electron chi connectivity index (χ0n) is 7.62. The average molecular weight is 162 g/mol. The Morgan fingerprint density at radius 2 is 1.45 bits per heavy atom. The first-order chi connectivity index (χ1) is 4.73. The summed E-state index contributed by atoms with van der Waals surface area (Å²) in [6.45, 7) is 7.12. The summed E-state index contributed by atoms with van der Waals surface area (Å²) >= 11 is 0. The van der Waals surface area contributed by atoms with Crippen molar-refractivity contribution in [2.75, 3.05) is 0 Å². The smallest absolute Gasteiger partial charge is 0.207 e. The Morgan fingerprint density at radius 1 is 1.00 bits per heavy atom. The van der Waals surface area contributed by atoms with Crippen LogP contribution in [0.1, 0.15) is 34.1 Å². The van der Waals surface area contributed by atoms with Crippen molar-refractivity contribution >= 4 is 0 Å². The van der Waals surface area contributed by atoms with Crippen LogP contribution >= 0.6 is 0 Å². The fourth-order valence-electron chi connectivity index (χ4n) is 1.71. The quantitative estimate of drug-likeness (QED) is 0.554. The van der Waals surface area contributed by atoms with E-state index in [1.807, 2.05) is 20.8 Å². The molecule has 1 aliphatic carbocycles. The van der Waals surface area contributed by atoms with E-state index < -0.39 is 5.92 Å². The van der Waals surface area contributed by atoms with E-state index in [2.05, 4.69) is 0 Å². The molecule has 11 heavy (non-hydrogen) atoms. The number of hydrogen-bond acceptors (Lipinski definition) is 0. The van der Waals surface area contributed by atoms with Crippen LogP contribution in [0.4, 0.5) is 8.78 Å². The average Bonchev–Trinajstić information content (AvgIpc) is 2.30. The molecule has 1 aliphatic rings. The lowest BCUT2D eigenvalue weighted by Gasteiger charge is -2.20. The Labute approximate surface area is 67.0 Å². The first-order valence-corrected chi connectivity index (χ1v) is 4.11. The van der Waals surface area contributed by atoms with Crippen molar-refractivity contribution in [3.63, 3.8) is 0 Å². The predicted molar refractivity (Wildman–Crippen MR) is 41.7 cm³/mol. The Hall–Kier alpha value is -0.140. The molecule has 0 nitrogen and oxygen atoms in total. The van der Waals surface area contributed by atoms with Gasteiger partial charge in [0.15, 0.2) is 0 Å². The Balaban J connectivity index is 2.51. The first-order valence-electron chi connectivity index (χ1n) is 4.11. The van der Waals surface area contributed by atoms with Crippen molar-refractivity contribution in [3.05, 3.63) is 0 Å². The molecular formula is C9H16F2. The molecule has 0 aliphatic heterocycles. The van der Waals surface area contributed by atoms with E-state index in [0.717, 1.165) is 6.92 Å². The van der Waals surface area contributed by atoms with Gasteiger partial charge in [0.1, 0.15) is 0 Å². The van der Waals surface area contributed by atoms with E-state index in [-0.39, 0.29) is 17.3 Å². The minimum atomic E-state index is -2.46. The summed E-state index contributed by atoms with van der Waals surface area (Å²) in [7, 11) is 0. The fraction of sp³-hybridized carbons (Fsp3) is 1.00. The van der Waals surface area contributed by atoms with Gasteiger partial charge in [-0.25, -0.2) is 8.78 Å². The molecule has 0 N–H and O–H groups in total. The molecule has 0 aromatic carbocycles. The Bertz CT molecular complexity index is 132. The zero-order chi connectivity index (χ0) is 8.86. The summed E-state index contributed by atoms with van der Waals surface area (Å²) in [4.78, 5) is 0. The van der Waals surface area contributed by atoms with Gasteiger partial charge >= 0.3 is 0 Å². The summed E-state index contributed by atoms with van der Waals surface area (Å²) in [5.41, 5.74) is 0.0596. The van der Waals surface area contributed by atoms with Gasteiger partial charge in [-0.1, -0.05) is 20.8 Å². The molecule has 0 saturated heterocycles. The summed E-state index contributed by atoms with van der Waals surface area (Å²) in [5.74, 6) is -2.59. The lowest BCUT2D eigenvalue weighted by molar-refractivity contribution is -0.0135. The summed E-state index contributed by atoms with van der Waals surface area (Å²) in [6, 6.07) is 0. The first kappa shape index (κ1) is 8.95. The monoisotopic (exact) mass is 162 g/mol. The molecule has 0 spiro atoms. The summed E-state index contributed by atoms with van der Waals surface area (Å²) in [5, 5.41) is 0. The van der Waals surface area contributed by atoms with Gasteiger partial charge < -0.3 is 0 Å². The van der Waals surface area contributed by atoms with Gasteiger partial charge in [0.2, 0.25) is 5.92 Å². The van der Waals surface area contributed by atoms with Crippen LogP contribution in [0.5, 0.6) is 0 Å². The largest absolute Gasteiger partial charge is 0.248 e. The van der Waals surface area contributed by atoms with Gasteiger partial charge in [0, 0.05) is 5.92 Å². The maximum atomic E-state index is 12.7. The third-order valence-electron chi connectivity index (χ3n) is 2.55. The summed E-state index contributed by atoms with van der Waals surface area (Å²) in [6.07, 6.45) is 0.701. The zero-order valence-corrected chi connectivity index (χ0v) is 7.62. The van der Waals surface area contributed by atoms with Gasteiger partial charge in [-0.3, -0.25) is 0 Å². The number of alkyl halides is 2. The molecule has 0 amide bonds. The van der Waals surface area contributed by atoms with Gasteiger partial charge in [-0.15, -0.1) is 0 Å². The van der Waals surface area contributed by atoms with Crippen molar-refractivity contribution in [2.24, 2.45) is 17.3 Å². The van der Waals surface area contributed by atoms with E-state index in [4.69, 9.17) is 0 Å². The van der Waals surface area contributed by atoms with E-state index in [1.165, 1.54) is 0 Å². The molecule has 0 heterocycles. The maximum Gasteiger partial charge on any atom is 0.248 e. The van der Waals surface area contributed by atoms with Crippen LogP contribution in [0.3, 0.4) is 0 Å². The molecule has 0 radical (unpaired) electrons. The number of hydrogen-bond donors (Lipinski definition) is 0. The Morgan fingerprint density at radius 3 is 1.55 bits per heavy atom. The van der Waals surface area contributed by atoms with Crippen molar-refractivity contribution in [1.82, 2.24) is 0 Å². The van der Waals surface area contributed by atoms with Crippen molar-refractivity contribution in [3.8, 4) is 0 Å². The van der Waals surface area contributed by atoms with Gasteiger partial charge in [-0.05, 0) is 24.7 Å². The second-order valence-corrected chi connectivity index (χ2v) is 4.77. The second-order valence-electron chi connectivity index (χ2n) is 4.77. The SMILES string of the molecule is CC(C)(C)C1CC1C(C)(F)F. The van der Waals surface area contributed by atoms with E-state index in [0.29, 0.717) is 6.42 Å². The lowest BCUT2D eigenvalue weighted by atomic mass is 9.88. The number of rotatable bonds is 1. The van der Waals surface area contributed by atoms with Gasteiger partial charge in [0.25, 0.3) is 0 Å². The molecule has 2 atom stereocenters. The van der Waals surface area contributed by atoms with Gasteiger partial charge in [-0.2, -0.15) is 0 Å². The van der Waals surface area contributed by atoms with E-state index >= 15 is 0 Å². The van der Waals surface area contributed by atoms with E-state index in [9.17, 15) is 8.78 Å². The van der Waals surface area contributed by atoms with Crippen LogP contribution in [0.25, 0.3) is 0 Å². The van der Waals surface area contributed by atoms with E-state index in [1.54, 1.807) is 0 Å². The maximum absolute atomic E-state index is 12.7. The lowest BCUT2D eigenvalue weighted by Crippen LogP contribution is -2.19. The van der Waals surface area contributed by atoms with Crippen LogP contribution in [0.15, 0.2) is 0 Å². The molecule has 1 fully saturated rings. The highest BCUT2D eigenvalue weighted by Crippen LogP contribution is 2.57. The van der Waals surface area contributed by atoms with Crippen LogP contribution < -0.4 is 0 Å². The molecule has 2 unspecified atom stereocenters. The third kappa shape index (κ3) is 1.91. The molecule has 1 saturated carbocycles. The number of halogens is 2. The summed E-state index contributed by atoms with van der Waals surface area (Å²) < 4.78 is 25.4.